The first-order valence-corrected chi connectivity index (χ1v) is 5.72. The van der Waals surface area contributed by atoms with Crippen LogP contribution in [0.4, 0.5) is 0 Å². The predicted molar refractivity (Wildman–Crippen MR) is 60.6 cm³/mol. The molecular formula is C10H14ClNS. The van der Waals surface area contributed by atoms with Gasteiger partial charge in [0.15, 0.2) is 0 Å². The number of aryl methyl sites for hydroxylation is 2. The molecule has 3 heteroatoms. The number of aromatic nitrogens is 1. The Balaban J connectivity index is 2.95. The number of rotatable bonds is 3. The molecule has 0 aliphatic rings. The number of allylic oxidation sites excluding steroid dienone is 1. The molecule has 13 heavy (non-hydrogen) atoms. The van der Waals surface area contributed by atoms with Gasteiger partial charge in [0, 0.05) is 5.88 Å². The van der Waals surface area contributed by atoms with Gasteiger partial charge < -0.3 is 0 Å². The van der Waals surface area contributed by atoms with E-state index in [0.29, 0.717) is 5.88 Å². The molecule has 1 aromatic heterocycles. The van der Waals surface area contributed by atoms with Crippen molar-refractivity contribution in [2.45, 2.75) is 27.2 Å². The molecule has 0 radical (unpaired) electrons. The van der Waals surface area contributed by atoms with Crippen LogP contribution in [0.15, 0.2) is 5.57 Å². The van der Waals surface area contributed by atoms with Crippen LogP contribution in [0, 0.1) is 13.8 Å². The molecule has 0 N–H and O–H groups in total. The number of thiazole rings is 1. The second-order valence-corrected chi connectivity index (χ2v) is 4.47. The zero-order valence-electron chi connectivity index (χ0n) is 8.22. The maximum Gasteiger partial charge on any atom is 0.0903 e. The lowest BCUT2D eigenvalue weighted by atomic mass is 10.2. The van der Waals surface area contributed by atoms with E-state index in [1.165, 1.54) is 10.5 Å². The number of alkyl halides is 1. The summed E-state index contributed by atoms with van der Waals surface area (Å²) in [6.07, 6.45) is 3.17. The predicted octanol–water partition coefficient (Wildman–Crippen LogP) is 3.79. The summed E-state index contributed by atoms with van der Waals surface area (Å²) < 4.78 is 0. The summed E-state index contributed by atoms with van der Waals surface area (Å²) in [6, 6.07) is 0. The lowest BCUT2D eigenvalue weighted by Crippen LogP contribution is -1.82. The molecule has 0 saturated carbocycles. The van der Waals surface area contributed by atoms with Crippen molar-refractivity contribution in [2.75, 3.05) is 5.88 Å². The minimum atomic E-state index is 0.618. The highest BCUT2D eigenvalue weighted by molar-refractivity contribution is 7.12. The van der Waals surface area contributed by atoms with Crippen LogP contribution in [-0.4, -0.2) is 10.9 Å². The Labute approximate surface area is 88.5 Å². The fourth-order valence-corrected chi connectivity index (χ4v) is 2.29. The molecule has 1 aromatic rings. The second-order valence-electron chi connectivity index (χ2n) is 2.97. The number of nitrogens with zero attached hydrogens (tertiary/aromatic N) is 1. The van der Waals surface area contributed by atoms with E-state index in [1.54, 1.807) is 11.3 Å². The van der Waals surface area contributed by atoms with Crippen LogP contribution in [-0.2, 0) is 0 Å². The smallest absolute Gasteiger partial charge is 0.0903 e. The van der Waals surface area contributed by atoms with Gasteiger partial charge in [-0.1, -0.05) is 12.5 Å². The van der Waals surface area contributed by atoms with Crippen molar-refractivity contribution in [3.63, 3.8) is 0 Å². The van der Waals surface area contributed by atoms with E-state index in [0.717, 1.165) is 17.1 Å². The van der Waals surface area contributed by atoms with Gasteiger partial charge in [-0.2, -0.15) is 0 Å². The minimum absolute atomic E-state index is 0.618. The van der Waals surface area contributed by atoms with Gasteiger partial charge in [-0.25, -0.2) is 4.98 Å². The highest BCUT2D eigenvalue weighted by atomic mass is 35.5. The van der Waals surface area contributed by atoms with Crippen LogP contribution in [0.1, 0.15) is 28.9 Å². The third kappa shape index (κ3) is 2.82. The Morgan fingerprint density at radius 3 is 2.62 bits per heavy atom. The Kier molecular flexibility index (Phi) is 3.94. The molecule has 1 rings (SSSR count). The lowest BCUT2D eigenvalue weighted by Gasteiger charge is -1.96. The van der Waals surface area contributed by atoms with E-state index in [4.69, 9.17) is 11.6 Å². The highest BCUT2D eigenvalue weighted by Gasteiger charge is 2.02. The molecule has 0 fully saturated rings. The van der Waals surface area contributed by atoms with Gasteiger partial charge in [0.05, 0.1) is 15.6 Å². The molecule has 0 bridgehead atoms. The fourth-order valence-electron chi connectivity index (χ4n) is 1.10. The summed E-state index contributed by atoms with van der Waals surface area (Å²) in [4.78, 5) is 5.61. The molecule has 0 aliphatic carbocycles. The SMILES string of the molecule is CCC(=Cc1sc(C)nc1C)CCl. The molecule has 0 saturated heterocycles. The summed E-state index contributed by atoms with van der Waals surface area (Å²) in [5.74, 6) is 0.618. The monoisotopic (exact) mass is 215 g/mol. The van der Waals surface area contributed by atoms with Gasteiger partial charge in [0.2, 0.25) is 0 Å². The number of hydrogen-bond acceptors (Lipinski definition) is 2. The first-order chi connectivity index (χ1) is 6.17. The van der Waals surface area contributed by atoms with E-state index in [2.05, 4.69) is 18.0 Å². The van der Waals surface area contributed by atoms with Gasteiger partial charge in [-0.15, -0.1) is 22.9 Å². The first kappa shape index (κ1) is 10.7. The second kappa shape index (κ2) is 4.77. The zero-order chi connectivity index (χ0) is 9.84. The standard InChI is InChI=1S/C10H14ClNS/c1-4-9(6-11)5-10-7(2)12-8(3)13-10/h5H,4,6H2,1-3H3. The summed E-state index contributed by atoms with van der Waals surface area (Å²) in [5, 5.41) is 1.12. The Morgan fingerprint density at radius 1 is 1.54 bits per heavy atom. The Morgan fingerprint density at radius 2 is 2.23 bits per heavy atom. The van der Waals surface area contributed by atoms with Crippen LogP contribution in [0.2, 0.25) is 0 Å². The molecule has 0 amide bonds. The van der Waals surface area contributed by atoms with Gasteiger partial charge in [0.25, 0.3) is 0 Å². The molecular weight excluding hydrogens is 202 g/mol. The summed E-state index contributed by atoms with van der Waals surface area (Å²) in [7, 11) is 0. The normalized spacial score (nSPS) is 12.2. The van der Waals surface area contributed by atoms with Gasteiger partial charge in [-0.05, 0) is 26.3 Å². The molecule has 72 valence electrons. The zero-order valence-corrected chi connectivity index (χ0v) is 9.80. The van der Waals surface area contributed by atoms with Crippen molar-refractivity contribution in [1.29, 1.82) is 0 Å². The molecule has 0 spiro atoms. The van der Waals surface area contributed by atoms with Gasteiger partial charge >= 0.3 is 0 Å². The maximum absolute atomic E-state index is 5.79. The Bertz CT molecular complexity index is 309. The third-order valence-corrected chi connectivity index (χ3v) is 3.26. The fraction of sp³-hybridized carbons (Fsp3) is 0.500. The van der Waals surface area contributed by atoms with Gasteiger partial charge in [0.1, 0.15) is 0 Å². The van der Waals surface area contributed by atoms with Crippen LogP contribution in [0.25, 0.3) is 6.08 Å². The van der Waals surface area contributed by atoms with Crippen LogP contribution < -0.4 is 0 Å². The van der Waals surface area contributed by atoms with E-state index >= 15 is 0 Å². The Hall–Kier alpha value is -0.340. The van der Waals surface area contributed by atoms with Crippen LogP contribution >= 0.6 is 22.9 Å². The molecule has 0 unspecified atom stereocenters. The largest absolute Gasteiger partial charge is 0.246 e. The third-order valence-electron chi connectivity index (χ3n) is 1.90. The molecule has 1 nitrogen and oxygen atoms in total. The van der Waals surface area contributed by atoms with E-state index in [9.17, 15) is 0 Å². The van der Waals surface area contributed by atoms with Gasteiger partial charge in [-0.3, -0.25) is 0 Å². The molecule has 0 aliphatic heterocycles. The average Bonchev–Trinajstić information content (AvgIpc) is 2.41. The van der Waals surface area contributed by atoms with Crippen LogP contribution in [0.5, 0.6) is 0 Å². The summed E-state index contributed by atoms with van der Waals surface area (Å²) >= 11 is 7.52. The average molecular weight is 216 g/mol. The quantitative estimate of drug-likeness (QED) is 0.700. The minimum Gasteiger partial charge on any atom is -0.246 e. The maximum atomic E-state index is 5.79. The lowest BCUT2D eigenvalue weighted by molar-refractivity contribution is 1.12. The van der Waals surface area contributed by atoms with Crippen molar-refractivity contribution >= 4 is 29.0 Å². The number of hydrogen-bond donors (Lipinski definition) is 0. The number of halogens is 1. The van der Waals surface area contributed by atoms with Crippen LogP contribution in [0.3, 0.4) is 0 Å². The summed E-state index contributed by atoms with van der Waals surface area (Å²) in [5.41, 5.74) is 2.38. The first-order valence-electron chi connectivity index (χ1n) is 4.36. The molecule has 0 aromatic carbocycles. The van der Waals surface area contributed by atoms with Crippen molar-refractivity contribution in [3.05, 3.63) is 21.2 Å². The van der Waals surface area contributed by atoms with Crippen molar-refractivity contribution in [1.82, 2.24) is 4.98 Å². The summed E-state index contributed by atoms with van der Waals surface area (Å²) in [6.45, 7) is 6.19. The van der Waals surface area contributed by atoms with E-state index in [1.807, 2.05) is 13.8 Å². The molecule has 1 heterocycles. The topological polar surface area (TPSA) is 12.9 Å². The molecule has 0 atom stereocenters. The van der Waals surface area contributed by atoms with E-state index < -0.39 is 0 Å². The van der Waals surface area contributed by atoms with Crippen molar-refractivity contribution in [3.8, 4) is 0 Å². The van der Waals surface area contributed by atoms with E-state index in [-0.39, 0.29) is 0 Å². The highest BCUT2D eigenvalue weighted by Crippen LogP contribution is 2.21. The van der Waals surface area contributed by atoms with Crippen molar-refractivity contribution in [2.24, 2.45) is 0 Å². The van der Waals surface area contributed by atoms with Crippen molar-refractivity contribution < 1.29 is 0 Å².